The molecule has 3 atom stereocenters. The van der Waals surface area contributed by atoms with Crippen molar-refractivity contribution in [3.63, 3.8) is 0 Å². The highest BCUT2D eigenvalue weighted by Crippen LogP contribution is 2.29. The molecule has 0 bridgehead atoms. The zero-order valence-corrected chi connectivity index (χ0v) is 28.6. The average Bonchev–Trinajstić information content (AvgIpc) is 3.04. The second kappa shape index (κ2) is 23.0. The molecule has 1 rings (SSSR count). The first kappa shape index (κ1) is 41.6. The van der Waals surface area contributed by atoms with Gasteiger partial charge in [0.15, 0.2) is 5.60 Å². The van der Waals surface area contributed by atoms with Gasteiger partial charge in [-0.2, -0.15) is 0 Å². The van der Waals surface area contributed by atoms with E-state index in [4.69, 9.17) is 9.47 Å². The fraction of sp³-hybridized carbons (Fsp3) is 0.649. The molecule has 0 aliphatic heterocycles. The molecular formula is C37H55F2NO7. The molecule has 0 unspecified atom stereocenters. The molecule has 0 saturated heterocycles. The minimum Gasteiger partial charge on any atom is -0.481 e. The van der Waals surface area contributed by atoms with Crippen LogP contribution in [-0.2, 0) is 25.5 Å². The summed E-state index contributed by atoms with van der Waals surface area (Å²) in [5.74, 6) is -1.12. The van der Waals surface area contributed by atoms with Crippen molar-refractivity contribution in [2.45, 2.75) is 135 Å². The minimum atomic E-state index is -2.64. The summed E-state index contributed by atoms with van der Waals surface area (Å²) < 4.78 is 38.7. The van der Waals surface area contributed by atoms with E-state index in [1.165, 1.54) is 13.2 Å². The third-order valence-corrected chi connectivity index (χ3v) is 8.09. The highest BCUT2D eigenvalue weighted by molar-refractivity contribution is 5.92. The van der Waals surface area contributed by atoms with Crippen LogP contribution >= 0.6 is 0 Å². The lowest BCUT2D eigenvalue weighted by molar-refractivity contribution is -0.167. The van der Waals surface area contributed by atoms with Crippen LogP contribution in [0.3, 0.4) is 0 Å². The number of carbonyl (C=O) groups is 3. The Balaban J connectivity index is 2.84. The molecular weight excluding hydrogens is 608 g/mol. The van der Waals surface area contributed by atoms with E-state index in [0.29, 0.717) is 56.3 Å². The van der Waals surface area contributed by atoms with Crippen molar-refractivity contribution in [2.24, 2.45) is 5.92 Å². The zero-order valence-electron chi connectivity index (χ0n) is 28.6. The number of carbonyl (C=O) groups excluding carboxylic acids is 2. The first-order valence-electron chi connectivity index (χ1n) is 16.9. The van der Waals surface area contributed by atoms with E-state index in [1.807, 2.05) is 0 Å². The van der Waals surface area contributed by atoms with Crippen LogP contribution in [0.2, 0.25) is 0 Å². The third-order valence-electron chi connectivity index (χ3n) is 8.09. The smallest absolute Gasteiger partial charge is 0.336 e. The van der Waals surface area contributed by atoms with Crippen LogP contribution in [0.1, 0.15) is 116 Å². The molecule has 0 fully saturated rings. The van der Waals surface area contributed by atoms with E-state index in [1.54, 1.807) is 44.2 Å². The maximum Gasteiger partial charge on any atom is 0.336 e. The molecule has 0 radical (unpaired) electrons. The quantitative estimate of drug-likeness (QED) is 0.0431. The van der Waals surface area contributed by atoms with Crippen LogP contribution in [0.5, 0.6) is 5.75 Å². The SMILES string of the molecule is CC#CCOc1ccc(C[C@H](NC(=O)[C@@H](C=CCCCCCCC(F)(F)CCCCCCC)[C@@](O)(CCC)C(=O)O)C(=O)OC)cc1. The summed E-state index contributed by atoms with van der Waals surface area (Å²) in [7, 11) is 1.19. The number of methoxy groups -OCH3 is 1. The number of rotatable bonds is 25. The maximum atomic E-state index is 14.2. The lowest BCUT2D eigenvalue weighted by Gasteiger charge is -2.30. The number of hydrogen-bond donors (Lipinski definition) is 3. The number of aliphatic carboxylic acids is 1. The number of esters is 1. The van der Waals surface area contributed by atoms with Gasteiger partial charge in [0.25, 0.3) is 0 Å². The van der Waals surface area contributed by atoms with Crippen LogP contribution in [0, 0.1) is 17.8 Å². The predicted octanol–water partition coefficient (Wildman–Crippen LogP) is 7.41. The number of benzene rings is 1. The normalized spacial score (nSPS) is 14.0. The zero-order chi connectivity index (χ0) is 35.1. The van der Waals surface area contributed by atoms with Gasteiger partial charge >= 0.3 is 11.9 Å². The molecule has 0 aliphatic rings. The summed E-state index contributed by atoms with van der Waals surface area (Å²) in [4.78, 5) is 38.4. The summed E-state index contributed by atoms with van der Waals surface area (Å²) in [5, 5.41) is 23.7. The molecule has 47 heavy (non-hydrogen) atoms. The largest absolute Gasteiger partial charge is 0.481 e. The Kier molecular flexibility index (Phi) is 20.3. The number of halogens is 2. The van der Waals surface area contributed by atoms with Crippen molar-refractivity contribution in [1.82, 2.24) is 5.32 Å². The molecule has 0 aliphatic carbocycles. The van der Waals surface area contributed by atoms with Gasteiger partial charge in [-0.3, -0.25) is 4.79 Å². The van der Waals surface area contributed by atoms with E-state index in [0.717, 1.165) is 25.7 Å². The molecule has 1 aromatic carbocycles. The van der Waals surface area contributed by atoms with Gasteiger partial charge in [0, 0.05) is 19.3 Å². The summed E-state index contributed by atoms with van der Waals surface area (Å²) in [6.07, 6.45) is 10.4. The molecule has 0 saturated carbocycles. The summed E-state index contributed by atoms with van der Waals surface area (Å²) in [6.45, 7) is 5.73. The number of hydrogen-bond acceptors (Lipinski definition) is 6. The third kappa shape index (κ3) is 16.3. The van der Waals surface area contributed by atoms with Crippen LogP contribution < -0.4 is 10.1 Å². The molecule has 8 nitrogen and oxygen atoms in total. The number of amides is 1. The van der Waals surface area contributed by atoms with Crippen molar-refractivity contribution in [3.8, 4) is 17.6 Å². The number of ether oxygens (including phenoxy) is 2. The van der Waals surface area contributed by atoms with Gasteiger partial charge in [0.1, 0.15) is 18.4 Å². The number of carboxylic acid groups (broad SMARTS) is 1. The predicted molar refractivity (Wildman–Crippen MR) is 179 cm³/mol. The highest BCUT2D eigenvalue weighted by Gasteiger charge is 2.46. The van der Waals surface area contributed by atoms with Crippen molar-refractivity contribution in [2.75, 3.05) is 13.7 Å². The topological polar surface area (TPSA) is 122 Å². The van der Waals surface area contributed by atoms with Gasteiger partial charge < -0.3 is 25.0 Å². The number of unbranched alkanes of at least 4 members (excludes halogenated alkanes) is 8. The monoisotopic (exact) mass is 663 g/mol. The maximum absolute atomic E-state index is 14.2. The molecule has 3 N–H and O–H groups in total. The Bertz CT molecular complexity index is 1160. The van der Waals surface area contributed by atoms with Gasteiger partial charge in [-0.1, -0.05) is 89.0 Å². The number of aliphatic hydroxyl groups is 1. The lowest BCUT2D eigenvalue weighted by atomic mass is 9.82. The Hall–Kier alpha value is -3.45. The first-order valence-corrected chi connectivity index (χ1v) is 16.9. The molecule has 264 valence electrons. The van der Waals surface area contributed by atoms with E-state index >= 15 is 0 Å². The van der Waals surface area contributed by atoms with Gasteiger partial charge in [-0.25, -0.2) is 18.4 Å². The molecule has 0 aromatic heterocycles. The van der Waals surface area contributed by atoms with E-state index < -0.39 is 41.3 Å². The standard InChI is InChI=1S/C37H55F2NO7/c1-5-8-10-14-17-25-36(38,39)26-18-15-12-11-13-16-19-31(37(45,24-7-3)35(43)44)33(41)40-32(34(42)46-4)28-29-20-22-30(23-21-29)47-27-9-6-2/h16,19-23,31-32,45H,5,7-8,10-15,17-18,24-28H2,1-4H3,(H,40,41)(H,43,44)/t31-,32+,37+/m1/s1. The van der Waals surface area contributed by atoms with Gasteiger partial charge in [0.05, 0.1) is 13.0 Å². The van der Waals surface area contributed by atoms with Crippen molar-refractivity contribution < 1.29 is 42.9 Å². The van der Waals surface area contributed by atoms with E-state index in [-0.39, 0.29) is 32.3 Å². The van der Waals surface area contributed by atoms with Crippen LogP contribution in [0.15, 0.2) is 36.4 Å². The lowest BCUT2D eigenvalue weighted by Crippen LogP contribution is -2.54. The minimum absolute atomic E-state index is 0.0566. The highest BCUT2D eigenvalue weighted by atomic mass is 19.3. The Morgan fingerprint density at radius 3 is 2.11 bits per heavy atom. The Morgan fingerprint density at radius 2 is 1.55 bits per heavy atom. The van der Waals surface area contributed by atoms with Gasteiger partial charge in [-0.05, 0) is 56.7 Å². The van der Waals surface area contributed by atoms with E-state index in [9.17, 15) is 33.4 Å². The molecule has 10 heteroatoms. The number of alkyl halides is 2. The fourth-order valence-corrected chi connectivity index (χ4v) is 5.33. The van der Waals surface area contributed by atoms with Crippen molar-refractivity contribution in [1.29, 1.82) is 0 Å². The van der Waals surface area contributed by atoms with Crippen molar-refractivity contribution in [3.05, 3.63) is 42.0 Å². The van der Waals surface area contributed by atoms with Crippen LogP contribution in [0.25, 0.3) is 0 Å². The second-order valence-corrected chi connectivity index (χ2v) is 12.0. The fourth-order valence-electron chi connectivity index (χ4n) is 5.33. The Labute approximate surface area is 279 Å². The molecule has 0 heterocycles. The molecule has 1 amide bonds. The summed E-state index contributed by atoms with van der Waals surface area (Å²) in [5.41, 5.74) is -1.72. The molecule has 0 spiro atoms. The average molecular weight is 664 g/mol. The van der Waals surface area contributed by atoms with Crippen LogP contribution in [-0.4, -0.2) is 59.3 Å². The van der Waals surface area contributed by atoms with Gasteiger partial charge in [-0.15, -0.1) is 5.92 Å². The summed E-state index contributed by atoms with van der Waals surface area (Å²) >= 11 is 0. The Morgan fingerprint density at radius 1 is 0.936 bits per heavy atom. The number of carboxylic acids is 1. The van der Waals surface area contributed by atoms with E-state index in [2.05, 4.69) is 24.1 Å². The van der Waals surface area contributed by atoms with Crippen LogP contribution in [0.4, 0.5) is 8.78 Å². The number of nitrogens with one attached hydrogen (secondary N) is 1. The summed E-state index contributed by atoms with van der Waals surface area (Å²) in [6, 6.07) is 5.73. The first-order chi connectivity index (χ1) is 22.4. The van der Waals surface area contributed by atoms with Gasteiger partial charge in [0.2, 0.25) is 11.8 Å². The second-order valence-electron chi connectivity index (χ2n) is 12.0. The number of allylic oxidation sites excluding steroid dienone is 1. The molecule has 1 aromatic rings. The van der Waals surface area contributed by atoms with Crippen molar-refractivity contribution >= 4 is 17.8 Å².